The highest BCUT2D eigenvalue weighted by Crippen LogP contribution is 2.20. The average molecular weight is 343 g/mol. The fraction of sp³-hybridized carbons (Fsp3) is 0.125. The van der Waals surface area contributed by atoms with Crippen molar-refractivity contribution >= 4 is 22.9 Å². The second-order valence-electron chi connectivity index (χ2n) is 5.43. The van der Waals surface area contributed by atoms with Crippen LogP contribution in [0.3, 0.4) is 0 Å². The summed E-state index contributed by atoms with van der Waals surface area (Å²) >= 11 is 0. The highest BCUT2D eigenvalue weighted by Gasteiger charge is 2.23. The Labute approximate surface area is 139 Å². The number of nitrogens with zero attached hydrogens (tertiary/aromatic N) is 4. The smallest absolute Gasteiger partial charge is 0.323 e. The van der Waals surface area contributed by atoms with Crippen LogP contribution in [0, 0.1) is 11.6 Å². The molecule has 0 spiro atoms. The van der Waals surface area contributed by atoms with E-state index in [4.69, 9.17) is 0 Å². The molecule has 1 aliphatic rings. The van der Waals surface area contributed by atoms with Gasteiger partial charge in [0.05, 0.1) is 11.6 Å². The summed E-state index contributed by atoms with van der Waals surface area (Å²) in [5.41, 5.74) is -0.179. The molecule has 0 unspecified atom stereocenters. The molecule has 1 saturated heterocycles. The van der Waals surface area contributed by atoms with Crippen molar-refractivity contribution in [3.05, 3.63) is 58.5 Å². The number of carbonyl (C=O) groups is 1. The second kappa shape index (κ2) is 5.62. The molecule has 0 radical (unpaired) electrons. The number of rotatable bonds is 2. The van der Waals surface area contributed by atoms with E-state index in [0.29, 0.717) is 25.0 Å². The van der Waals surface area contributed by atoms with Crippen molar-refractivity contribution in [2.45, 2.75) is 0 Å². The van der Waals surface area contributed by atoms with Crippen LogP contribution in [-0.2, 0) is 0 Å². The number of nitrogens with one attached hydrogen (secondary N) is 1. The van der Waals surface area contributed by atoms with Crippen LogP contribution in [-0.4, -0.2) is 33.7 Å². The average Bonchev–Trinajstić information content (AvgIpc) is 3.02. The Morgan fingerprint density at radius 2 is 2.00 bits per heavy atom. The maximum Gasteiger partial charge on any atom is 0.323 e. The van der Waals surface area contributed by atoms with Crippen LogP contribution in [0.5, 0.6) is 0 Å². The van der Waals surface area contributed by atoms with Crippen molar-refractivity contribution < 1.29 is 13.6 Å². The van der Waals surface area contributed by atoms with Crippen molar-refractivity contribution in [2.75, 3.05) is 18.0 Å². The Morgan fingerprint density at radius 3 is 2.72 bits per heavy atom. The monoisotopic (exact) mass is 343 g/mol. The van der Waals surface area contributed by atoms with E-state index in [-0.39, 0.29) is 28.3 Å². The molecule has 3 aromatic rings. The summed E-state index contributed by atoms with van der Waals surface area (Å²) in [6.45, 7) is 0.909. The molecule has 3 aromatic heterocycles. The van der Waals surface area contributed by atoms with Gasteiger partial charge >= 0.3 is 6.03 Å². The van der Waals surface area contributed by atoms with Gasteiger partial charge in [0, 0.05) is 31.4 Å². The zero-order valence-electron chi connectivity index (χ0n) is 12.7. The molecule has 9 heteroatoms. The van der Waals surface area contributed by atoms with Crippen molar-refractivity contribution in [2.24, 2.45) is 0 Å². The molecule has 1 aliphatic heterocycles. The van der Waals surface area contributed by atoms with E-state index in [1.807, 2.05) is 0 Å². The van der Waals surface area contributed by atoms with E-state index in [2.05, 4.69) is 15.3 Å². The van der Waals surface area contributed by atoms with E-state index < -0.39 is 11.6 Å². The van der Waals surface area contributed by atoms with E-state index in [0.717, 1.165) is 6.20 Å². The lowest BCUT2D eigenvalue weighted by Crippen LogP contribution is -2.28. The van der Waals surface area contributed by atoms with Gasteiger partial charge in [-0.1, -0.05) is 0 Å². The summed E-state index contributed by atoms with van der Waals surface area (Å²) in [7, 11) is 0. The predicted octanol–water partition coefficient (Wildman–Crippen LogP) is 1.59. The van der Waals surface area contributed by atoms with Gasteiger partial charge in [-0.25, -0.2) is 23.5 Å². The molecular formula is C16H11F2N5O2. The molecule has 0 saturated carbocycles. The van der Waals surface area contributed by atoms with E-state index >= 15 is 0 Å². The third-order valence-electron chi connectivity index (χ3n) is 3.88. The normalized spacial score (nSPS) is 14.2. The van der Waals surface area contributed by atoms with Crippen molar-refractivity contribution in [1.82, 2.24) is 19.9 Å². The minimum atomic E-state index is -0.893. The van der Waals surface area contributed by atoms with Gasteiger partial charge < -0.3 is 5.32 Å². The van der Waals surface area contributed by atoms with Gasteiger partial charge in [-0.3, -0.25) is 14.3 Å². The lowest BCUT2D eigenvalue weighted by atomic mass is 10.2. The number of urea groups is 1. The first-order valence-corrected chi connectivity index (χ1v) is 7.44. The van der Waals surface area contributed by atoms with Crippen LogP contribution in [0.1, 0.15) is 0 Å². The van der Waals surface area contributed by atoms with Crippen LogP contribution in [0.25, 0.3) is 16.9 Å². The van der Waals surface area contributed by atoms with Gasteiger partial charge in [0.2, 0.25) is 0 Å². The first-order valence-electron chi connectivity index (χ1n) is 7.44. The minimum absolute atomic E-state index is 0.128. The Bertz CT molecular complexity index is 1070. The number of hydrogen-bond acceptors (Lipinski definition) is 4. The number of anilines is 1. The van der Waals surface area contributed by atoms with Crippen LogP contribution in [0.15, 0.2) is 41.5 Å². The molecule has 0 bridgehead atoms. The fourth-order valence-corrected chi connectivity index (χ4v) is 2.71. The number of carbonyl (C=O) groups excluding carboxylic acids is 1. The topological polar surface area (TPSA) is 80.1 Å². The van der Waals surface area contributed by atoms with Gasteiger partial charge in [0.25, 0.3) is 0 Å². The van der Waals surface area contributed by atoms with E-state index in [1.54, 1.807) is 6.07 Å². The Balaban J connectivity index is 1.96. The summed E-state index contributed by atoms with van der Waals surface area (Å²) in [5.74, 6) is -1.57. The Morgan fingerprint density at radius 1 is 1.16 bits per heavy atom. The highest BCUT2D eigenvalue weighted by molar-refractivity contribution is 5.94. The maximum absolute atomic E-state index is 14.1. The van der Waals surface area contributed by atoms with Crippen LogP contribution < -0.4 is 15.6 Å². The molecule has 0 aliphatic carbocycles. The predicted molar refractivity (Wildman–Crippen MR) is 85.8 cm³/mol. The number of halogens is 2. The molecular weight excluding hydrogens is 332 g/mol. The van der Waals surface area contributed by atoms with Gasteiger partial charge in [0.15, 0.2) is 22.7 Å². The minimum Gasteiger partial charge on any atom is -0.336 e. The lowest BCUT2D eigenvalue weighted by molar-refractivity contribution is 0.252. The zero-order valence-corrected chi connectivity index (χ0v) is 12.7. The van der Waals surface area contributed by atoms with Crippen LogP contribution in [0.2, 0.25) is 0 Å². The number of pyridine rings is 3. The summed E-state index contributed by atoms with van der Waals surface area (Å²) in [4.78, 5) is 33.4. The van der Waals surface area contributed by atoms with Crippen LogP contribution in [0.4, 0.5) is 19.4 Å². The van der Waals surface area contributed by atoms with Crippen molar-refractivity contribution in [3.8, 4) is 5.82 Å². The Kier molecular flexibility index (Phi) is 3.41. The molecule has 2 amide bonds. The lowest BCUT2D eigenvalue weighted by Gasteiger charge is -2.15. The summed E-state index contributed by atoms with van der Waals surface area (Å²) < 4.78 is 28.5. The molecule has 4 heterocycles. The molecule has 0 atom stereocenters. The highest BCUT2D eigenvalue weighted by atomic mass is 19.1. The quantitative estimate of drug-likeness (QED) is 0.766. The number of hydrogen-bond donors (Lipinski definition) is 1. The third-order valence-corrected chi connectivity index (χ3v) is 3.88. The summed E-state index contributed by atoms with van der Waals surface area (Å²) in [5, 5.41) is 2.89. The largest absolute Gasteiger partial charge is 0.336 e. The standard InChI is InChI=1S/C16H11F2N5O2/c17-9-7-11(18)15(20-8-9)23-5-3-12(24)10-1-2-13(21-14(10)23)22-6-4-19-16(22)25/h1-3,5,7-8H,4,6H2,(H,19,25). The Hall–Kier alpha value is -3.36. The molecule has 4 rings (SSSR count). The SMILES string of the molecule is O=C1NCCN1c1ccc2c(=O)ccn(-c3ncc(F)cc3F)c2n1. The first kappa shape index (κ1) is 15.2. The van der Waals surface area contributed by atoms with E-state index in [1.165, 1.54) is 27.8 Å². The van der Waals surface area contributed by atoms with Crippen molar-refractivity contribution in [1.29, 1.82) is 0 Å². The summed E-state index contributed by atoms with van der Waals surface area (Å²) in [6, 6.07) is 4.71. The molecule has 1 N–H and O–H groups in total. The van der Waals surface area contributed by atoms with Gasteiger partial charge in [-0.05, 0) is 12.1 Å². The molecule has 1 fully saturated rings. The summed E-state index contributed by atoms with van der Waals surface area (Å²) in [6.07, 6.45) is 2.19. The third kappa shape index (κ3) is 2.49. The van der Waals surface area contributed by atoms with Gasteiger partial charge in [0.1, 0.15) is 11.6 Å². The molecule has 7 nitrogen and oxygen atoms in total. The number of aromatic nitrogens is 3. The molecule has 25 heavy (non-hydrogen) atoms. The molecule has 126 valence electrons. The maximum atomic E-state index is 14.1. The van der Waals surface area contributed by atoms with Crippen molar-refractivity contribution in [3.63, 3.8) is 0 Å². The number of amides is 2. The second-order valence-corrected chi connectivity index (χ2v) is 5.43. The number of fused-ring (bicyclic) bond motifs is 1. The van der Waals surface area contributed by atoms with E-state index in [9.17, 15) is 18.4 Å². The zero-order chi connectivity index (χ0) is 17.6. The van der Waals surface area contributed by atoms with Gasteiger partial charge in [-0.15, -0.1) is 0 Å². The first-order chi connectivity index (χ1) is 12.0. The fourth-order valence-electron chi connectivity index (χ4n) is 2.71. The van der Waals surface area contributed by atoms with Crippen LogP contribution >= 0.6 is 0 Å². The van der Waals surface area contributed by atoms with Gasteiger partial charge in [-0.2, -0.15) is 0 Å². The molecule has 0 aromatic carbocycles.